The second-order valence-corrected chi connectivity index (χ2v) is 3.67. The van der Waals surface area contributed by atoms with E-state index in [0.717, 1.165) is 6.07 Å². The van der Waals surface area contributed by atoms with Crippen molar-refractivity contribution >= 4 is 33.2 Å². The average Bonchev–Trinajstić information content (AvgIpc) is 1.96. The first-order chi connectivity index (χ1) is 6.29. The van der Waals surface area contributed by atoms with Crippen LogP contribution >= 0.6 is 27.5 Å². The molecule has 0 bridgehead atoms. The number of hydrogen-bond donors (Lipinski definition) is 1. The molecule has 0 saturated heterocycles. The summed E-state index contributed by atoms with van der Waals surface area (Å²) in [4.78, 5) is 0. The minimum Gasteiger partial charge on any atom is -0.403 e. The van der Waals surface area contributed by atoms with E-state index in [-0.39, 0.29) is 10.7 Å². The second-order valence-electron chi connectivity index (χ2n) is 2.35. The van der Waals surface area contributed by atoms with Gasteiger partial charge in [-0.3, -0.25) is 0 Å². The monoisotopic (exact) mass is 289 g/mol. The molecule has 0 aromatic heterocycles. The van der Waals surface area contributed by atoms with Gasteiger partial charge in [0.25, 0.3) is 0 Å². The molecule has 1 aromatic rings. The highest BCUT2D eigenvalue weighted by Gasteiger charge is 2.32. The van der Waals surface area contributed by atoms with Gasteiger partial charge < -0.3 is 10.5 Å². The summed E-state index contributed by atoms with van der Waals surface area (Å²) >= 11 is 8.51. The van der Waals surface area contributed by atoms with E-state index in [1.165, 1.54) is 6.07 Å². The molecule has 0 heterocycles. The fourth-order valence-electron chi connectivity index (χ4n) is 0.770. The zero-order valence-electron chi connectivity index (χ0n) is 6.53. The second kappa shape index (κ2) is 3.86. The quantitative estimate of drug-likeness (QED) is 0.802. The van der Waals surface area contributed by atoms with Crippen molar-refractivity contribution in [2.24, 2.45) is 0 Å². The largest absolute Gasteiger partial charge is 0.573 e. The van der Waals surface area contributed by atoms with Crippen LogP contribution in [0.3, 0.4) is 0 Å². The fraction of sp³-hybridized carbons (Fsp3) is 0.143. The van der Waals surface area contributed by atoms with E-state index in [9.17, 15) is 13.2 Å². The molecule has 0 aliphatic heterocycles. The first-order valence-corrected chi connectivity index (χ1v) is 4.47. The molecule has 0 unspecified atom stereocenters. The zero-order valence-corrected chi connectivity index (χ0v) is 8.87. The Morgan fingerprint density at radius 3 is 2.43 bits per heavy atom. The van der Waals surface area contributed by atoms with Gasteiger partial charge in [0.15, 0.2) is 5.75 Å². The molecule has 0 radical (unpaired) electrons. The molecule has 0 aliphatic carbocycles. The van der Waals surface area contributed by atoms with Crippen molar-refractivity contribution in [3.05, 3.63) is 21.6 Å². The third-order valence-electron chi connectivity index (χ3n) is 1.28. The van der Waals surface area contributed by atoms with Crippen LogP contribution in [0.4, 0.5) is 18.9 Å². The number of anilines is 1. The van der Waals surface area contributed by atoms with Gasteiger partial charge in [0.05, 0.1) is 10.7 Å². The smallest absolute Gasteiger partial charge is 0.403 e. The third kappa shape index (κ3) is 2.95. The lowest BCUT2D eigenvalue weighted by Gasteiger charge is -2.12. The Morgan fingerprint density at radius 2 is 1.93 bits per heavy atom. The van der Waals surface area contributed by atoms with Crippen LogP contribution in [0.2, 0.25) is 5.02 Å². The molecule has 2 N–H and O–H groups in total. The summed E-state index contributed by atoms with van der Waals surface area (Å²) in [7, 11) is 0. The highest BCUT2D eigenvalue weighted by Crippen LogP contribution is 2.36. The van der Waals surface area contributed by atoms with Crippen molar-refractivity contribution in [2.45, 2.75) is 6.36 Å². The minimum atomic E-state index is -4.78. The third-order valence-corrected chi connectivity index (χ3v) is 2.05. The molecule has 0 spiro atoms. The molecular weight excluding hydrogens is 286 g/mol. The van der Waals surface area contributed by atoms with Gasteiger partial charge in [0.1, 0.15) is 0 Å². The molecule has 78 valence electrons. The highest BCUT2D eigenvalue weighted by atomic mass is 79.9. The number of ether oxygens (including phenoxy) is 1. The molecule has 1 aromatic carbocycles. The predicted octanol–water partition coefficient (Wildman–Crippen LogP) is 3.58. The van der Waals surface area contributed by atoms with Gasteiger partial charge in [-0.25, -0.2) is 0 Å². The Hall–Kier alpha value is -0.620. The van der Waals surface area contributed by atoms with Crippen LogP contribution in [0.25, 0.3) is 0 Å². The van der Waals surface area contributed by atoms with Crippen molar-refractivity contribution in [1.82, 2.24) is 0 Å². The summed E-state index contributed by atoms with van der Waals surface area (Å²) in [6, 6.07) is 2.47. The van der Waals surface area contributed by atoms with E-state index < -0.39 is 12.1 Å². The number of halogens is 5. The number of nitrogen functional groups attached to an aromatic ring is 1. The van der Waals surface area contributed by atoms with E-state index >= 15 is 0 Å². The Bertz CT molecular complexity index is 356. The summed E-state index contributed by atoms with van der Waals surface area (Å²) in [6.45, 7) is 0. The molecule has 2 nitrogen and oxygen atoms in total. The maximum Gasteiger partial charge on any atom is 0.573 e. The van der Waals surface area contributed by atoms with Gasteiger partial charge in [0.2, 0.25) is 0 Å². The van der Waals surface area contributed by atoms with Crippen molar-refractivity contribution in [2.75, 3.05) is 5.73 Å². The van der Waals surface area contributed by atoms with Crippen molar-refractivity contribution in [1.29, 1.82) is 0 Å². The van der Waals surface area contributed by atoms with Gasteiger partial charge >= 0.3 is 6.36 Å². The van der Waals surface area contributed by atoms with Crippen LogP contribution in [0.1, 0.15) is 0 Å². The van der Waals surface area contributed by atoms with Gasteiger partial charge in [-0.15, -0.1) is 13.2 Å². The van der Waals surface area contributed by atoms with Crippen LogP contribution in [-0.2, 0) is 0 Å². The van der Waals surface area contributed by atoms with E-state index in [2.05, 4.69) is 20.7 Å². The number of benzene rings is 1. The topological polar surface area (TPSA) is 35.2 Å². The zero-order chi connectivity index (χ0) is 10.9. The Labute approximate surface area is 90.9 Å². The first-order valence-electron chi connectivity index (χ1n) is 3.30. The number of rotatable bonds is 1. The lowest BCUT2D eigenvalue weighted by Crippen LogP contribution is -2.18. The van der Waals surface area contributed by atoms with Crippen LogP contribution in [0.5, 0.6) is 5.75 Å². The SMILES string of the molecule is Nc1c(Cl)cc(Br)cc1OC(F)(F)F. The molecule has 0 saturated carbocycles. The average molecular weight is 290 g/mol. The summed E-state index contributed by atoms with van der Waals surface area (Å²) in [5.74, 6) is -0.517. The lowest BCUT2D eigenvalue weighted by atomic mass is 10.3. The molecule has 0 fully saturated rings. The fourth-order valence-corrected chi connectivity index (χ4v) is 1.55. The molecule has 1 rings (SSSR count). The van der Waals surface area contributed by atoms with E-state index in [4.69, 9.17) is 17.3 Å². The molecule has 0 amide bonds. The number of alkyl halides is 3. The summed E-state index contributed by atoms with van der Waals surface area (Å²) in [5.41, 5.74) is 5.04. The van der Waals surface area contributed by atoms with Crippen molar-refractivity contribution < 1.29 is 17.9 Å². The predicted molar refractivity (Wildman–Crippen MR) is 50.2 cm³/mol. The van der Waals surface area contributed by atoms with Crippen molar-refractivity contribution in [3.8, 4) is 5.75 Å². The van der Waals surface area contributed by atoms with E-state index in [0.29, 0.717) is 4.47 Å². The number of nitrogens with two attached hydrogens (primary N) is 1. The van der Waals surface area contributed by atoms with Gasteiger partial charge in [-0.1, -0.05) is 27.5 Å². The first kappa shape index (κ1) is 11.5. The molecule has 0 aliphatic rings. The summed E-state index contributed by atoms with van der Waals surface area (Å²) in [6.07, 6.45) is -4.78. The Morgan fingerprint density at radius 1 is 1.36 bits per heavy atom. The van der Waals surface area contributed by atoms with Gasteiger partial charge in [-0.05, 0) is 12.1 Å². The summed E-state index contributed by atoms with van der Waals surface area (Å²) < 4.78 is 39.6. The Balaban J connectivity index is 3.09. The van der Waals surface area contributed by atoms with Crippen LogP contribution in [-0.4, -0.2) is 6.36 Å². The molecular formula is C7H4BrClF3NO. The number of hydrogen-bond acceptors (Lipinski definition) is 2. The minimum absolute atomic E-state index is 0.00127. The normalized spacial score (nSPS) is 11.5. The van der Waals surface area contributed by atoms with Crippen LogP contribution in [0, 0.1) is 0 Å². The van der Waals surface area contributed by atoms with Crippen LogP contribution in [0.15, 0.2) is 16.6 Å². The maximum absolute atomic E-state index is 11.8. The Kier molecular flexibility index (Phi) is 3.16. The standard InChI is InChI=1S/C7H4BrClF3NO/c8-3-1-4(9)6(13)5(2-3)14-7(10,11)12/h1-2H,13H2. The maximum atomic E-state index is 11.8. The van der Waals surface area contributed by atoms with Gasteiger partial charge in [-0.2, -0.15) is 0 Å². The van der Waals surface area contributed by atoms with Crippen LogP contribution < -0.4 is 10.5 Å². The molecule has 0 atom stereocenters. The van der Waals surface area contributed by atoms with E-state index in [1.54, 1.807) is 0 Å². The van der Waals surface area contributed by atoms with E-state index in [1.807, 2.05) is 0 Å². The highest BCUT2D eigenvalue weighted by molar-refractivity contribution is 9.10. The lowest BCUT2D eigenvalue weighted by molar-refractivity contribution is -0.274. The molecule has 7 heteroatoms. The summed E-state index contributed by atoms with van der Waals surface area (Å²) in [5, 5.41) is -0.00127. The van der Waals surface area contributed by atoms with Gasteiger partial charge in [0, 0.05) is 4.47 Å². The molecule has 14 heavy (non-hydrogen) atoms. The van der Waals surface area contributed by atoms with Crippen molar-refractivity contribution in [3.63, 3.8) is 0 Å².